The first kappa shape index (κ1) is 15.6. The van der Waals surface area contributed by atoms with Crippen molar-refractivity contribution in [3.05, 3.63) is 52.1 Å². The molecule has 1 aromatic heterocycles. The molecular formula is C14H15ClN2O3S. The molecule has 0 atom stereocenters. The maximum Gasteiger partial charge on any atom is 0.256 e. The van der Waals surface area contributed by atoms with Crippen LogP contribution in [0.15, 0.2) is 40.3 Å². The number of aromatic nitrogens is 1. The highest BCUT2D eigenvalue weighted by molar-refractivity contribution is 7.95. The van der Waals surface area contributed by atoms with Gasteiger partial charge in [-0.3, -0.25) is 4.72 Å². The molecule has 2 rings (SSSR count). The van der Waals surface area contributed by atoms with Gasteiger partial charge < -0.3 is 4.52 Å². The third-order valence-corrected chi connectivity index (χ3v) is 3.89. The van der Waals surface area contributed by atoms with Crippen molar-refractivity contribution in [1.82, 2.24) is 5.16 Å². The van der Waals surface area contributed by atoms with Crippen molar-refractivity contribution in [3.63, 3.8) is 0 Å². The summed E-state index contributed by atoms with van der Waals surface area (Å²) < 4.78 is 31.2. The highest BCUT2D eigenvalue weighted by atomic mass is 35.5. The molecule has 0 amide bonds. The van der Waals surface area contributed by atoms with E-state index in [1.54, 1.807) is 30.3 Å². The standard InChI is InChI=1S/C14H15ClN2O3S/c1-10(2)13-9-14(16-20-13)17-21(18,19)8-7-11-3-5-12(15)6-4-11/h3-10H,1-2H3,(H,16,17). The lowest BCUT2D eigenvalue weighted by molar-refractivity contribution is 0.373. The molecule has 0 aliphatic rings. The Hall–Kier alpha value is -1.79. The Morgan fingerprint density at radius 2 is 1.95 bits per heavy atom. The molecule has 0 spiro atoms. The number of anilines is 1. The largest absolute Gasteiger partial charge is 0.359 e. The SMILES string of the molecule is CC(C)c1cc(NS(=O)(=O)C=Cc2ccc(Cl)cc2)no1. The number of nitrogens with one attached hydrogen (secondary N) is 1. The number of hydrogen-bond donors (Lipinski definition) is 1. The Bertz CT molecular complexity index is 734. The fraction of sp³-hybridized carbons (Fsp3) is 0.214. The topological polar surface area (TPSA) is 72.2 Å². The summed E-state index contributed by atoms with van der Waals surface area (Å²) in [5, 5.41) is 5.34. The molecule has 0 saturated carbocycles. The number of nitrogens with zero attached hydrogens (tertiary/aromatic N) is 1. The minimum absolute atomic E-state index is 0.139. The molecule has 21 heavy (non-hydrogen) atoms. The zero-order valence-corrected chi connectivity index (χ0v) is 13.1. The second-order valence-corrected chi connectivity index (χ2v) is 6.77. The van der Waals surface area contributed by atoms with Crippen molar-refractivity contribution in [2.75, 3.05) is 4.72 Å². The summed E-state index contributed by atoms with van der Waals surface area (Å²) in [5.74, 6) is 0.925. The smallest absolute Gasteiger partial charge is 0.256 e. The third-order valence-electron chi connectivity index (χ3n) is 2.65. The lowest BCUT2D eigenvalue weighted by Crippen LogP contribution is -2.08. The van der Waals surface area contributed by atoms with E-state index >= 15 is 0 Å². The van der Waals surface area contributed by atoms with Crippen LogP contribution in [0.25, 0.3) is 6.08 Å². The zero-order valence-electron chi connectivity index (χ0n) is 11.6. The van der Waals surface area contributed by atoms with Crippen LogP contribution in [-0.2, 0) is 10.0 Å². The second kappa shape index (κ2) is 6.32. The number of rotatable bonds is 5. The lowest BCUT2D eigenvalue weighted by Gasteiger charge is -1.99. The highest BCUT2D eigenvalue weighted by Gasteiger charge is 2.12. The van der Waals surface area contributed by atoms with Crippen LogP contribution in [0.2, 0.25) is 5.02 Å². The van der Waals surface area contributed by atoms with Crippen molar-refractivity contribution in [3.8, 4) is 0 Å². The number of hydrogen-bond acceptors (Lipinski definition) is 4. The Morgan fingerprint density at radius 1 is 1.29 bits per heavy atom. The van der Waals surface area contributed by atoms with Gasteiger partial charge in [0.25, 0.3) is 10.0 Å². The highest BCUT2D eigenvalue weighted by Crippen LogP contribution is 2.19. The van der Waals surface area contributed by atoms with Gasteiger partial charge in [0.2, 0.25) is 0 Å². The van der Waals surface area contributed by atoms with E-state index in [1.165, 1.54) is 6.08 Å². The molecule has 0 aliphatic carbocycles. The van der Waals surface area contributed by atoms with E-state index in [0.717, 1.165) is 11.0 Å². The molecule has 0 fully saturated rings. The van der Waals surface area contributed by atoms with Crippen molar-refractivity contribution in [1.29, 1.82) is 0 Å². The molecule has 112 valence electrons. The molecule has 2 aromatic rings. The van der Waals surface area contributed by atoms with Crippen LogP contribution in [0.5, 0.6) is 0 Å². The van der Waals surface area contributed by atoms with E-state index in [4.69, 9.17) is 16.1 Å². The first-order valence-corrected chi connectivity index (χ1v) is 8.21. The molecule has 1 heterocycles. The van der Waals surface area contributed by atoms with Crippen molar-refractivity contribution in [2.24, 2.45) is 0 Å². The van der Waals surface area contributed by atoms with E-state index in [2.05, 4.69) is 9.88 Å². The molecule has 0 unspecified atom stereocenters. The second-order valence-electron chi connectivity index (χ2n) is 4.77. The average Bonchev–Trinajstić information content (AvgIpc) is 2.86. The van der Waals surface area contributed by atoms with Crippen molar-refractivity contribution < 1.29 is 12.9 Å². The van der Waals surface area contributed by atoms with Gasteiger partial charge in [-0.25, -0.2) is 8.42 Å². The Morgan fingerprint density at radius 3 is 2.52 bits per heavy atom. The Labute approximate surface area is 128 Å². The van der Waals surface area contributed by atoms with E-state index in [-0.39, 0.29) is 11.7 Å². The lowest BCUT2D eigenvalue weighted by atomic mass is 10.2. The summed E-state index contributed by atoms with van der Waals surface area (Å²) in [6, 6.07) is 8.39. The Balaban J connectivity index is 2.09. The molecule has 0 bridgehead atoms. The summed E-state index contributed by atoms with van der Waals surface area (Å²) in [5.41, 5.74) is 0.729. The van der Waals surface area contributed by atoms with Crippen LogP contribution >= 0.6 is 11.6 Å². The monoisotopic (exact) mass is 326 g/mol. The fourth-order valence-corrected chi connectivity index (χ4v) is 2.45. The molecule has 0 radical (unpaired) electrons. The van der Waals surface area contributed by atoms with E-state index in [0.29, 0.717) is 10.8 Å². The zero-order chi connectivity index (χ0) is 15.5. The first-order valence-electron chi connectivity index (χ1n) is 6.29. The number of sulfonamides is 1. The van der Waals surface area contributed by atoms with E-state index in [9.17, 15) is 8.42 Å². The molecule has 0 aliphatic heterocycles. The summed E-state index contributed by atoms with van der Waals surface area (Å²) >= 11 is 5.76. The predicted molar refractivity (Wildman–Crippen MR) is 83.6 cm³/mol. The van der Waals surface area contributed by atoms with Crippen molar-refractivity contribution >= 4 is 33.5 Å². The van der Waals surface area contributed by atoms with Gasteiger partial charge in [-0.2, -0.15) is 0 Å². The van der Waals surface area contributed by atoms with Crippen LogP contribution < -0.4 is 4.72 Å². The van der Waals surface area contributed by atoms with Gasteiger partial charge >= 0.3 is 0 Å². The summed E-state index contributed by atoms with van der Waals surface area (Å²) in [6.45, 7) is 3.86. The maximum absolute atomic E-state index is 11.9. The summed E-state index contributed by atoms with van der Waals surface area (Å²) in [7, 11) is -3.64. The van der Waals surface area contributed by atoms with Gasteiger partial charge in [0, 0.05) is 17.0 Å². The normalized spacial score (nSPS) is 12.2. The average molecular weight is 327 g/mol. The van der Waals surface area contributed by atoms with Gasteiger partial charge in [0.05, 0.1) is 5.41 Å². The van der Waals surface area contributed by atoms with Crippen LogP contribution in [-0.4, -0.2) is 13.6 Å². The van der Waals surface area contributed by atoms with E-state index < -0.39 is 10.0 Å². The number of benzene rings is 1. The third kappa shape index (κ3) is 4.61. The van der Waals surface area contributed by atoms with Gasteiger partial charge in [-0.1, -0.05) is 42.7 Å². The van der Waals surface area contributed by atoms with Crippen LogP contribution in [0.3, 0.4) is 0 Å². The van der Waals surface area contributed by atoms with Crippen LogP contribution in [0, 0.1) is 0 Å². The van der Waals surface area contributed by atoms with Crippen LogP contribution in [0.1, 0.15) is 31.1 Å². The Kier molecular flexibility index (Phi) is 4.69. The maximum atomic E-state index is 11.9. The predicted octanol–water partition coefficient (Wildman–Crippen LogP) is 3.86. The summed E-state index contributed by atoms with van der Waals surface area (Å²) in [4.78, 5) is 0. The number of halogens is 1. The molecule has 7 heteroatoms. The van der Waals surface area contributed by atoms with Gasteiger partial charge in [-0.05, 0) is 23.8 Å². The van der Waals surface area contributed by atoms with Gasteiger partial charge in [-0.15, -0.1) is 0 Å². The molecule has 1 N–H and O–H groups in total. The summed E-state index contributed by atoms with van der Waals surface area (Å²) in [6.07, 6.45) is 1.47. The minimum Gasteiger partial charge on any atom is -0.359 e. The quantitative estimate of drug-likeness (QED) is 0.905. The van der Waals surface area contributed by atoms with E-state index in [1.807, 2.05) is 13.8 Å². The fourth-order valence-electron chi connectivity index (χ4n) is 1.53. The molecule has 5 nitrogen and oxygen atoms in total. The van der Waals surface area contributed by atoms with Crippen molar-refractivity contribution in [2.45, 2.75) is 19.8 Å². The van der Waals surface area contributed by atoms with Crippen LogP contribution in [0.4, 0.5) is 5.82 Å². The van der Waals surface area contributed by atoms with Gasteiger partial charge in [0.15, 0.2) is 5.82 Å². The minimum atomic E-state index is -3.64. The molecule has 0 saturated heterocycles. The first-order chi connectivity index (χ1) is 9.85. The van der Waals surface area contributed by atoms with Gasteiger partial charge in [0.1, 0.15) is 5.76 Å². The molecule has 1 aromatic carbocycles. The molecular weight excluding hydrogens is 312 g/mol.